The minimum atomic E-state index is -0.696. The smallest absolute Gasteiger partial charge is 0.331 e. The molecule has 0 unspecified atom stereocenters. The molecule has 0 fully saturated rings. The number of carbonyl (C=O) groups excluding carboxylic acids is 3. The van der Waals surface area contributed by atoms with Gasteiger partial charge in [-0.1, -0.05) is 36.4 Å². The van der Waals surface area contributed by atoms with Crippen molar-refractivity contribution in [3.05, 3.63) is 64.4 Å². The van der Waals surface area contributed by atoms with Gasteiger partial charge in [-0.2, -0.15) is 0 Å². The van der Waals surface area contributed by atoms with Gasteiger partial charge in [-0.15, -0.1) is 11.3 Å². The maximum Gasteiger partial charge on any atom is 0.331 e. The molecule has 2 rings (SSSR count). The van der Waals surface area contributed by atoms with Crippen LogP contribution in [0, 0.1) is 0 Å². The number of imide groups is 1. The summed E-state index contributed by atoms with van der Waals surface area (Å²) >= 11 is 1.47. The topological polar surface area (TPSA) is 84.5 Å². The fraction of sp³-hybridized carbons (Fsp3) is 0.118. The highest BCUT2D eigenvalue weighted by Crippen LogP contribution is 2.10. The molecular weight excluding hydrogens is 328 g/mol. The summed E-state index contributed by atoms with van der Waals surface area (Å²) < 4.78 is 4.75. The number of urea groups is 1. The van der Waals surface area contributed by atoms with E-state index in [-0.39, 0.29) is 0 Å². The molecule has 0 aliphatic rings. The van der Waals surface area contributed by atoms with E-state index in [1.165, 1.54) is 17.4 Å². The van der Waals surface area contributed by atoms with Crippen molar-refractivity contribution in [1.29, 1.82) is 0 Å². The molecule has 0 saturated heterocycles. The molecule has 0 bridgehead atoms. The molecule has 2 aromatic rings. The molecule has 2 N–H and O–H groups in total. The van der Waals surface area contributed by atoms with Gasteiger partial charge in [0.25, 0.3) is 5.91 Å². The lowest BCUT2D eigenvalue weighted by molar-refractivity contribution is -0.143. The van der Waals surface area contributed by atoms with Gasteiger partial charge in [-0.3, -0.25) is 10.1 Å². The van der Waals surface area contributed by atoms with Crippen LogP contribution in [0.15, 0.2) is 53.9 Å². The molecule has 0 aliphatic heterocycles. The SMILES string of the molecule is O=C(COC(=O)/C=C/c1cccs1)NC(=O)NCc1ccccc1. The summed E-state index contributed by atoms with van der Waals surface area (Å²) in [6.45, 7) is -0.227. The van der Waals surface area contributed by atoms with Crippen LogP contribution < -0.4 is 10.6 Å². The summed E-state index contributed by atoms with van der Waals surface area (Å²) in [5, 5.41) is 6.51. The number of hydrogen-bond donors (Lipinski definition) is 2. The Balaban J connectivity index is 1.65. The lowest BCUT2D eigenvalue weighted by Gasteiger charge is -2.06. The summed E-state index contributed by atoms with van der Waals surface area (Å²) in [6.07, 6.45) is 2.83. The first-order valence-corrected chi connectivity index (χ1v) is 8.01. The molecule has 0 atom stereocenters. The number of ether oxygens (including phenoxy) is 1. The van der Waals surface area contributed by atoms with Crippen LogP contribution in [0.2, 0.25) is 0 Å². The molecule has 0 saturated carbocycles. The Hall–Kier alpha value is -2.93. The molecule has 6 nitrogen and oxygen atoms in total. The molecule has 0 radical (unpaired) electrons. The molecule has 1 heterocycles. The molecule has 7 heteroatoms. The Kier molecular flexibility index (Phi) is 6.73. The van der Waals surface area contributed by atoms with Gasteiger partial charge in [0.15, 0.2) is 6.61 Å². The van der Waals surface area contributed by atoms with Crippen molar-refractivity contribution in [2.45, 2.75) is 6.54 Å². The zero-order chi connectivity index (χ0) is 17.2. The average molecular weight is 344 g/mol. The van der Waals surface area contributed by atoms with Crippen LogP contribution in [0.25, 0.3) is 6.08 Å². The van der Waals surface area contributed by atoms with Crippen LogP contribution in [0.5, 0.6) is 0 Å². The average Bonchev–Trinajstić information content (AvgIpc) is 3.11. The van der Waals surface area contributed by atoms with Crippen LogP contribution in [0.1, 0.15) is 10.4 Å². The first kappa shape index (κ1) is 17.4. The summed E-state index contributed by atoms with van der Waals surface area (Å²) in [6, 6.07) is 12.3. The predicted molar refractivity (Wildman–Crippen MR) is 91.1 cm³/mol. The van der Waals surface area contributed by atoms with Crippen LogP contribution in [-0.2, 0) is 20.9 Å². The van der Waals surface area contributed by atoms with E-state index < -0.39 is 24.5 Å². The first-order chi connectivity index (χ1) is 11.6. The van der Waals surface area contributed by atoms with E-state index in [0.717, 1.165) is 10.4 Å². The normalized spacial score (nSPS) is 10.3. The number of nitrogens with one attached hydrogen (secondary N) is 2. The Bertz CT molecular complexity index is 711. The Morgan fingerprint density at radius 1 is 1.08 bits per heavy atom. The van der Waals surface area contributed by atoms with Gasteiger partial charge >= 0.3 is 12.0 Å². The summed E-state index contributed by atoms with van der Waals surface area (Å²) in [4.78, 5) is 35.4. The second-order valence-corrected chi connectivity index (χ2v) is 5.65. The van der Waals surface area contributed by atoms with E-state index in [1.807, 2.05) is 47.8 Å². The van der Waals surface area contributed by atoms with E-state index in [2.05, 4.69) is 10.6 Å². The third-order valence-electron chi connectivity index (χ3n) is 2.82. The highest BCUT2D eigenvalue weighted by atomic mass is 32.1. The Morgan fingerprint density at radius 3 is 2.58 bits per heavy atom. The van der Waals surface area contributed by atoms with Crippen molar-refractivity contribution < 1.29 is 19.1 Å². The number of hydrogen-bond acceptors (Lipinski definition) is 5. The number of esters is 1. The quantitative estimate of drug-likeness (QED) is 0.622. The van der Waals surface area contributed by atoms with Crippen molar-refractivity contribution in [1.82, 2.24) is 10.6 Å². The molecule has 124 valence electrons. The molecule has 0 aliphatic carbocycles. The zero-order valence-electron chi connectivity index (χ0n) is 12.7. The standard InChI is InChI=1S/C17H16N2O4S/c20-15(12-23-16(21)9-8-14-7-4-10-24-14)19-17(22)18-11-13-5-2-1-3-6-13/h1-10H,11-12H2,(H2,18,19,20,22)/b9-8+. The maximum absolute atomic E-state index is 11.6. The van der Waals surface area contributed by atoms with Crippen LogP contribution in [0.3, 0.4) is 0 Å². The van der Waals surface area contributed by atoms with Gasteiger partial charge in [0.2, 0.25) is 0 Å². The monoisotopic (exact) mass is 344 g/mol. The Labute approximate surface area is 143 Å². The minimum absolute atomic E-state index is 0.295. The number of thiophene rings is 1. The van der Waals surface area contributed by atoms with Gasteiger partial charge in [-0.05, 0) is 23.1 Å². The van der Waals surface area contributed by atoms with E-state index in [1.54, 1.807) is 6.08 Å². The lowest BCUT2D eigenvalue weighted by Crippen LogP contribution is -2.41. The highest BCUT2D eigenvalue weighted by molar-refractivity contribution is 7.10. The number of benzene rings is 1. The predicted octanol–water partition coefficient (Wildman–Crippen LogP) is 2.33. The first-order valence-electron chi connectivity index (χ1n) is 7.13. The van der Waals surface area contributed by atoms with Gasteiger partial charge < -0.3 is 10.1 Å². The third kappa shape index (κ3) is 6.45. The maximum atomic E-state index is 11.6. The van der Waals surface area contributed by atoms with Gasteiger partial charge in [0.05, 0.1) is 0 Å². The second kappa shape index (κ2) is 9.26. The number of amides is 3. The van der Waals surface area contributed by atoms with E-state index in [4.69, 9.17) is 4.74 Å². The number of rotatable bonds is 6. The summed E-state index contributed by atoms with van der Waals surface area (Å²) in [7, 11) is 0. The van der Waals surface area contributed by atoms with Crippen LogP contribution >= 0.6 is 11.3 Å². The van der Waals surface area contributed by atoms with Gasteiger partial charge in [0.1, 0.15) is 0 Å². The minimum Gasteiger partial charge on any atom is -0.452 e. The Morgan fingerprint density at radius 2 is 1.88 bits per heavy atom. The molecule has 0 spiro atoms. The van der Waals surface area contributed by atoms with Crippen molar-refractivity contribution in [3.8, 4) is 0 Å². The van der Waals surface area contributed by atoms with Crippen LogP contribution in [0.4, 0.5) is 4.79 Å². The van der Waals surface area contributed by atoms with Crippen LogP contribution in [-0.4, -0.2) is 24.5 Å². The molecule has 3 amide bonds. The van der Waals surface area contributed by atoms with Gasteiger partial charge in [0, 0.05) is 17.5 Å². The molecule has 24 heavy (non-hydrogen) atoms. The molecule has 1 aromatic heterocycles. The highest BCUT2D eigenvalue weighted by Gasteiger charge is 2.09. The van der Waals surface area contributed by atoms with Crippen molar-refractivity contribution in [3.63, 3.8) is 0 Å². The number of carbonyl (C=O) groups is 3. The largest absolute Gasteiger partial charge is 0.452 e. The van der Waals surface area contributed by atoms with Crippen molar-refractivity contribution in [2.24, 2.45) is 0 Å². The summed E-state index contributed by atoms with van der Waals surface area (Å²) in [5.74, 6) is -1.35. The molecular formula is C17H16N2O4S. The van der Waals surface area contributed by atoms with E-state index in [9.17, 15) is 14.4 Å². The zero-order valence-corrected chi connectivity index (χ0v) is 13.5. The van der Waals surface area contributed by atoms with Crippen molar-refractivity contribution >= 4 is 35.3 Å². The van der Waals surface area contributed by atoms with Gasteiger partial charge in [-0.25, -0.2) is 9.59 Å². The fourth-order valence-electron chi connectivity index (χ4n) is 1.71. The fourth-order valence-corrected chi connectivity index (χ4v) is 2.32. The third-order valence-corrected chi connectivity index (χ3v) is 3.66. The van der Waals surface area contributed by atoms with Crippen molar-refractivity contribution in [2.75, 3.05) is 6.61 Å². The van der Waals surface area contributed by atoms with E-state index in [0.29, 0.717) is 6.54 Å². The molecule has 1 aromatic carbocycles. The lowest BCUT2D eigenvalue weighted by atomic mass is 10.2. The second-order valence-electron chi connectivity index (χ2n) is 4.67. The van der Waals surface area contributed by atoms with E-state index >= 15 is 0 Å². The summed E-state index contributed by atoms with van der Waals surface area (Å²) in [5.41, 5.74) is 0.908.